The van der Waals surface area contributed by atoms with E-state index in [1.807, 2.05) is 44.8 Å². The van der Waals surface area contributed by atoms with Crippen molar-refractivity contribution in [1.29, 1.82) is 0 Å². The van der Waals surface area contributed by atoms with Crippen LogP contribution in [0.4, 0.5) is 0 Å². The Morgan fingerprint density at radius 2 is 1.47 bits per heavy atom. The van der Waals surface area contributed by atoms with Crippen LogP contribution in [-0.4, -0.2) is 50.4 Å². The molecule has 1 heterocycles. The number of likely N-dealkylation sites (tertiary alicyclic amines) is 1. The van der Waals surface area contributed by atoms with E-state index in [-0.39, 0.29) is 0 Å². The van der Waals surface area contributed by atoms with E-state index in [2.05, 4.69) is 6.92 Å². The Bertz CT molecular complexity index is 127. The van der Waals surface area contributed by atoms with Crippen molar-refractivity contribution in [2.24, 2.45) is 5.92 Å². The molecule has 1 aliphatic heterocycles. The smallest absolute Gasteiger partial charge is 0.209 e. The maximum absolute atomic E-state index is 10.2. The number of hydrogen-bond acceptors (Lipinski definition) is 2. The predicted molar refractivity (Wildman–Crippen MR) is 67.0 cm³/mol. The van der Waals surface area contributed by atoms with Gasteiger partial charge in [0.25, 0.3) is 0 Å². The summed E-state index contributed by atoms with van der Waals surface area (Å²) < 4.78 is 0. The molecule has 0 aromatic rings. The van der Waals surface area contributed by atoms with Crippen molar-refractivity contribution in [2.75, 3.05) is 34.2 Å². The molecule has 3 nitrogen and oxygen atoms in total. The summed E-state index contributed by atoms with van der Waals surface area (Å²) in [4.78, 5) is 14.0. The summed E-state index contributed by atoms with van der Waals surface area (Å²) in [6.07, 6.45) is 3.31. The number of amides is 1. The van der Waals surface area contributed by atoms with Crippen LogP contribution < -0.4 is 0 Å². The first-order chi connectivity index (χ1) is 7.06. The number of carbonyl (C=O) groups is 1. The van der Waals surface area contributed by atoms with Gasteiger partial charge in [-0.3, -0.25) is 4.79 Å². The van der Waals surface area contributed by atoms with Crippen molar-refractivity contribution in [3.8, 4) is 0 Å². The minimum Gasteiger partial charge on any atom is -0.345 e. The lowest BCUT2D eigenvalue weighted by Crippen LogP contribution is -2.31. The zero-order valence-corrected chi connectivity index (χ0v) is 11.3. The van der Waals surface area contributed by atoms with E-state index in [0.29, 0.717) is 0 Å². The average molecular weight is 216 g/mol. The van der Waals surface area contributed by atoms with Gasteiger partial charge < -0.3 is 9.80 Å². The van der Waals surface area contributed by atoms with Crippen molar-refractivity contribution in [1.82, 2.24) is 9.80 Å². The van der Waals surface area contributed by atoms with E-state index in [4.69, 9.17) is 0 Å². The molecule has 0 aliphatic carbocycles. The topological polar surface area (TPSA) is 23.6 Å². The highest BCUT2D eigenvalue weighted by atomic mass is 16.1. The van der Waals surface area contributed by atoms with Crippen molar-refractivity contribution >= 4 is 6.41 Å². The van der Waals surface area contributed by atoms with Gasteiger partial charge in [-0.15, -0.1) is 0 Å². The summed E-state index contributed by atoms with van der Waals surface area (Å²) in [6.45, 7) is 8.16. The Balaban J connectivity index is 0. The fourth-order valence-corrected chi connectivity index (χ4v) is 1.13. The minimum absolute atomic E-state index is 0.821. The van der Waals surface area contributed by atoms with Crippen LogP contribution >= 0.6 is 0 Å². The summed E-state index contributed by atoms with van der Waals surface area (Å²) in [7, 11) is 6.00. The lowest BCUT2D eigenvalue weighted by Gasteiger charge is -2.26. The third kappa shape index (κ3) is 13.4. The number of carbonyl (C=O) groups excluding carboxylic acids is 1. The van der Waals surface area contributed by atoms with Crippen molar-refractivity contribution < 1.29 is 4.79 Å². The van der Waals surface area contributed by atoms with Crippen LogP contribution in [0.25, 0.3) is 0 Å². The standard InChI is InChI=1S/C7H13NO.C3H9N.C2H6/c1-7-2-4-8(6-9)5-3-7;1-4(2)3;1-2/h6-7H,2-5H2,1H3;1-3H3;1-2H3. The van der Waals surface area contributed by atoms with E-state index in [1.54, 1.807) is 0 Å². The molecule has 1 amide bonds. The third-order valence-corrected chi connectivity index (χ3v) is 1.97. The van der Waals surface area contributed by atoms with Crippen LogP contribution in [0, 0.1) is 5.92 Å². The number of nitrogens with zero attached hydrogens (tertiary/aromatic N) is 2. The van der Waals surface area contributed by atoms with E-state index in [9.17, 15) is 4.79 Å². The summed E-state index contributed by atoms with van der Waals surface area (Å²) in [5.74, 6) is 0.821. The van der Waals surface area contributed by atoms with E-state index >= 15 is 0 Å². The Morgan fingerprint density at radius 3 is 1.73 bits per heavy atom. The van der Waals surface area contributed by atoms with Crippen LogP contribution in [0.1, 0.15) is 33.6 Å². The van der Waals surface area contributed by atoms with Gasteiger partial charge in [-0.05, 0) is 39.9 Å². The van der Waals surface area contributed by atoms with Crippen molar-refractivity contribution in [3.05, 3.63) is 0 Å². The Labute approximate surface area is 95.4 Å². The molecule has 0 radical (unpaired) electrons. The second-order valence-electron chi connectivity index (χ2n) is 4.17. The molecule has 0 unspecified atom stereocenters. The molecule has 0 atom stereocenters. The predicted octanol–water partition coefficient (Wildman–Crippen LogP) is 2.08. The Hall–Kier alpha value is -0.570. The van der Waals surface area contributed by atoms with E-state index in [1.165, 1.54) is 12.8 Å². The van der Waals surface area contributed by atoms with Crippen LogP contribution in [0.15, 0.2) is 0 Å². The zero-order chi connectivity index (χ0) is 12.3. The lowest BCUT2D eigenvalue weighted by atomic mass is 10.00. The molecule has 0 saturated carbocycles. The third-order valence-electron chi connectivity index (χ3n) is 1.97. The zero-order valence-electron chi connectivity index (χ0n) is 11.3. The average Bonchev–Trinajstić information content (AvgIpc) is 2.21. The normalized spacial score (nSPS) is 16.1. The Kier molecular flexibility index (Phi) is 12.9. The maximum Gasteiger partial charge on any atom is 0.209 e. The molecule has 0 N–H and O–H groups in total. The highest BCUT2D eigenvalue weighted by molar-refractivity contribution is 5.46. The van der Waals surface area contributed by atoms with Gasteiger partial charge in [0.15, 0.2) is 0 Å². The minimum atomic E-state index is 0.821. The van der Waals surface area contributed by atoms with Crippen LogP contribution in [-0.2, 0) is 4.79 Å². The van der Waals surface area contributed by atoms with Crippen molar-refractivity contribution in [2.45, 2.75) is 33.6 Å². The first kappa shape index (κ1) is 16.8. The molecule has 1 fully saturated rings. The SMILES string of the molecule is CC.CC1CCN(C=O)CC1.CN(C)C. The fourth-order valence-electron chi connectivity index (χ4n) is 1.13. The van der Waals surface area contributed by atoms with E-state index in [0.717, 1.165) is 25.4 Å². The fraction of sp³-hybridized carbons (Fsp3) is 0.917. The van der Waals surface area contributed by atoms with Gasteiger partial charge in [-0.2, -0.15) is 0 Å². The summed E-state index contributed by atoms with van der Waals surface area (Å²) in [5.41, 5.74) is 0. The van der Waals surface area contributed by atoms with Crippen LogP contribution in [0.5, 0.6) is 0 Å². The largest absolute Gasteiger partial charge is 0.345 e. The number of hydrogen-bond donors (Lipinski definition) is 0. The highest BCUT2D eigenvalue weighted by Crippen LogP contribution is 2.13. The van der Waals surface area contributed by atoms with Gasteiger partial charge in [0.05, 0.1) is 0 Å². The van der Waals surface area contributed by atoms with Crippen LogP contribution in [0.3, 0.4) is 0 Å². The molecule has 0 bridgehead atoms. The molecular formula is C12H28N2O. The van der Waals surface area contributed by atoms with Gasteiger partial charge in [-0.25, -0.2) is 0 Å². The second-order valence-corrected chi connectivity index (χ2v) is 4.17. The number of piperidine rings is 1. The quantitative estimate of drug-likeness (QED) is 0.627. The first-order valence-corrected chi connectivity index (χ1v) is 5.86. The molecule has 92 valence electrons. The van der Waals surface area contributed by atoms with Crippen LogP contribution in [0.2, 0.25) is 0 Å². The van der Waals surface area contributed by atoms with E-state index < -0.39 is 0 Å². The van der Waals surface area contributed by atoms with Gasteiger partial charge in [0, 0.05) is 13.1 Å². The molecule has 15 heavy (non-hydrogen) atoms. The molecule has 1 rings (SSSR count). The molecule has 0 aromatic carbocycles. The van der Waals surface area contributed by atoms with Gasteiger partial charge in [-0.1, -0.05) is 20.8 Å². The summed E-state index contributed by atoms with van der Waals surface area (Å²) in [5, 5.41) is 0. The Morgan fingerprint density at radius 1 is 1.13 bits per heavy atom. The molecule has 1 aliphatic rings. The summed E-state index contributed by atoms with van der Waals surface area (Å²) in [6, 6.07) is 0. The number of rotatable bonds is 1. The monoisotopic (exact) mass is 216 g/mol. The maximum atomic E-state index is 10.2. The first-order valence-electron chi connectivity index (χ1n) is 5.86. The van der Waals surface area contributed by atoms with Gasteiger partial charge in [0.2, 0.25) is 6.41 Å². The van der Waals surface area contributed by atoms with Gasteiger partial charge in [0.1, 0.15) is 0 Å². The van der Waals surface area contributed by atoms with Crippen molar-refractivity contribution in [3.63, 3.8) is 0 Å². The molecule has 0 aromatic heterocycles. The lowest BCUT2D eigenvalue weighted by molar-refractivity contribution is -0.119. The molecule has 0 spiro atoms. The molecular weight excluding hydrogens is 188 g/mol. The molecule has 1 saturated heterocycles. The van der Waals surface area contributed by atoms with Gasteiger partial charge >= 0.3 is 0 Å². The second kappa shape index (κ2) is 11.5. The summed E-state index contributed by atoms with van der Waals surface area (Å²) >= 11 is 0. The highest BCUT2D eigenvalue weighted by Gasteiger charge is 2.12. The molecule has 3 heteroatoms.